The van der Waals surface area contributed by atoms with E-state index in [1.54, 1.807) is 17.8 Å². The first-order valence-corrected chi connectivity index (χ1v) is 8.42. The van der Waals surface area contributed by atoms with Crippen molar-refractivity contribution >= 4 is 45.8 Å². The highest BCUT2D eigenvalue weighted by molar-refractivity contribution is 8.03. The van der Waals surface area contributed by atoms with Gasteiger partial charge in [0.1, 0.15) is 17.2 Å². The molecule has 0 unspecified atom stereocenters. The minimum absolute atomic E-state index is 0.298. The Morgan fingerprint density at radius 1 is 1.20 bits per heavy atom. The van der Waals surface area contributed by atoms with Crippen molar-refractivity contribution in [3.05, 3.63) is 30.3 Å². The van der Waals surface area contributed by atoms with E-state index in [0.29, 0.717) is 10.4 Å². The Morgan fingerprint density at radius 2 is 2.05 bits per heavy atom. The number of rotatable bonds is 4. The predicted molar refractivity (Wildman–Crippen MR) is 79.9 cm³/mol. The van der Waals surface area contributed by atoms with E-state index in [-0.39, 0.29) is 5.82 Å². The number of thioether (sulfide) groups is 1. The second kappa shape index (κ2) is 6.02. The third-order valence-corrected chi connectivity index (χ3v) is 5.41. The molecule has 0 spiro atoms. The van der Waals surface area contributed by atoms with Gasteiger partial charge in [-0.05, 0) is 35.7 Å². The van der Waals surface area contributed by atoms with Crippen LogP contribution in [0, 0.1) is 5.82 Å². The Kier molecular flexibility index (Phi) is 4.13. The van der Waals surface area contributed by atoms with Gasteiger partial charge in [0.2, 0.25) is 0 Å². The molecule has 0 aliphatic heterocycles. The van der Waals surface area contributed by atoms with Gasteiger partial charge in [0.05, 0.1) is 5.52 Å². The number of fused-ring (bicyclic) bond motifs is 1. The summed E-state index contributed by atoms with van der Waals surface area (Å²) in [6, 6.07) is 4.49. The number of benzene rings is 1. The van der Waals surface area contributed by atoms with Crippen LogP contribution >= 0.6 is 34.9 Å². The van der Waals surface area contributed by atoms with Crippen molar-refractivity contribution in [2.24, 2.45) is 0 Å². The highest BCUT2D eigenvalue weighted by Gasteiger charge is 2.11. The molecule has 102 valence electrons. The van der Waals surface area contributed by atoms with Crippen LogP contribution in [0.1, 0.15) is 6.92 Å². The van der Waals surface area contributed by atoms with E-state index in [0.717, 1.165) is 19.9 Å². The molecular formula is C12H9FN4S3. The summed E-state index contributed by atoms with van der Waals surface area (Å²) in [5, 5.41) is 9.59. The van der Waals surface area contributed by atoms with Crippen molar-refractivity contribution in [1.29, 1.82) is 0 Å². The van der Waals surface area contributed by atoms with E-state index in [1.165, 1.54) is 41.6 Å². The lowest BCUT2D eigenvalue weighted by molar-refractivity contribution is 0.629. The third kappa shape index (κ3) is 2.92. The Bertz CT molecular complexity index is 746. The molecule has 0 N–H and O–H groups in total. The van der Waals surface area contributed by atoms with Crippen molar-refractivity contribution < 1.29 is 4.39 Å². The fourth-order valence-corrected chi connectivity index (χ4v) is 4.49. The highest BCUT2D eigenvalue weighted by Crippen LogP contribution is 2.35. The average molecular weight is 324 g/mol. The number of halogens is 1. The standard InChI is InChI=1S/C12H9FN4S3/c1-2-18-11-16-17-12(20-11)19-10-8-5-7(13)3-4-9(8)14-6-15-10/h3-6H,2H2,1H3. The molecule has 0 bridgehead atoms. The second-order valence-corrected chi connectivity index (χ2v) is 7.43. The fourth-order valence-electron chi connectivity index (χ4n) is 1.59. The van der Waals surface area contributed by atoms with Gasteiger partial charge in [-0.15, -0.1) is 10.2 Å². The summed E-state index contributed by atoms with van der Waals surface area (Å²) in [6.45, 7) is 2.07. The predicted octanol–water partition coefficient (Wildman–Crippen LogP) is 3.88. The number of aromatic nitrogens is 4. The van der Waals surface area contributed by atoms with Crippen LogP contribution in [0.2, 0.25) is 0 Å². The van der Waals surface area contributed by atoms with E-state index in [2.05, 4.69) is 27.1 Å². The highest BCUT2D eigenvalue weighted by atomic mass is 32.2. The van der Waals surface area contributed by atoms with E-state index >= 15 is 0 Å². The quantitative estimate of drug-likeness (QED) is 0.536. The van der Waals surface area contributed by atoms with Gasteiger partial charge < -0.3 is 0 Å². The van der Waals surface area contributed by atoms with Crippen molar-refractivity contribution in [2.75, 3.05) is 5.75 Å². The van der Waals surface area contributed by atoms with Crippen LogP contribution in [0.3, 0.4) is 0 Å². The molecule has 0 saturated carbocycles. The third-order valence-electron chi connectivity index (χ3n) is 2.40. The maximum atomic E-state index is 13.4. The van der Waals surface area contributed by atoms with Gasteiger partial charge in [0, 0.05) is 5.39 Å². The molecular weight excluding hydrogens is 315 g/mol. The van der Waals surface area contributed by atoms with Gasteiger partial charge in [0.15, 0.2) is 8.68 Å². The van der Waals surface area contributed by atoms with Crippen molar-refractivity contribution in [1.82, 2.24) is 20.2 Å². The zero-order chi connectivity index (χ0) is 13.9. The van der Waals surface area contributed by atoms with E-state index in [1.807, 2.05) is 0 Å². The van der Waals surface area contributed by atoms with Crippen LogP contribution in [0.4, 0.5) is 4.39 Å². The van der Waals surface area contributed by atoms with Gasteiger partial charge in [-0.25, -0.2) is 14.4 Å². The summed E-state index contributed by atoms with van der Waals surface area (Å²) >= 11 is 4.55. The molecule has 20 heavy (non-hydrogen) atoms. The van der Waals surface area contributed by atoms with Gasteiger partial charge in [-0.1, -0.05) is 30.0 Å². The molecule has 0 amide bonds. The largest absolute Gasteiger partial charge is 0.236 e. The molecule has 0 radical (unpaired) electrons. The van der Waals surface area contributed by atoms with Crippen LogP contribution in [0.5, 0.6) is 0 Å². The normalized spacial score (nSPS) is 11.1. The molecule has 0 atom stereocenters. The lowest BCUT2D eigenvalue weighted by Gasteiger charge is -2.02. The van der Waals surface area contributed by atoms with Crippen LogP contribution in [0.25, 0.3) is 10.9 Å². The first kappa shape index (κ1) is 13.7. The minimum atomic E-state index is -0.298. The summed E-state index contributed by atoms with van der Waals surface area (Å²) in [6.07, 6.45) is 1.48. The van der Waals surface area contributed by atoms with Crippen LogP contribution in [-0.2, 0) is 0 Å². The maximum Gasteiger partial charge on any atom is 0.181 e. The smallest absolute Gasteiger partial charge is 0.181 e. The summed E-state index contributed by atoms with van der Waals surface area (Å²) in [5.41, 5.74) is 0.719. The SMILES string of the molecule is CCSc1nnc(Sc2ncnc3ccc(F)cc23)s1. The molecule has 0 saturated heterocycles. The molecule has 0 aliphatic rings. The lowest BCUT2D eigenvalue weighted by atomic mass is 10.2. The zero-order valence-electron chi connectivity index (χ0n) is 10.4. The second-order valence-electron chi connectivity index (χ2n) is 3.71. The Labute approximate surface area is 127 Å². The monoisotopic (exact) mass is 324 g/mol. The Balaban J connectivity index is 1.95. The first-order chi connectivity index (χ1) is 9.76. The Hall–Kier alpha value is -1.25. The molecule has 3 rings (SSSR count). The van der Waals surface area contributed by atoms with E-state index < -0.39 is 0 Å². The molecule has 0 aliphatic carbocycles. The number of nitrogens with zero attached hydrogens (tertiary/aromatic N) is 4. The van der Waals surface area contributed by atoms with E-state index in [4.69, 9.17) is 0 Å². The fraction of sp³-hybridized carbons (Fsp3) is 0.167. The zero-order valence-corrected chi connectivity index (χ0v) is 12.9. The van der Waals surface area contributed by atoms with E-state index in [9.17, 15) is 4.39 Å². The molecule has 2 aromatic heterocycles. The number of hydrogen-bond acceptors (Lipinski definition) is 7. The first-order valence-electron chi connectivity index (χ1n) is 5.80. The van der Waals surface area contributed by atoms with Crippen LogP contribution in [-0.4, -0.2) is 25.9 Å². The lowest BCUT2D eigenvalue weighted by Crippen LogP contribution is -1.87. The average Bonchev–Trinajstić information content (AvgIpc) is 2.87. The van der Waals surface area contributed by atoms with Gasteiger partial charge >= 0.3 is 0 Å². The minimum Gasteiger partial charge on any atom is -0.236 e. The summed E-state index contributed by atoms with van der Waals surface area (Å²) in [4.78, 5) is 8.35. The molecule has 0 fully saturated rings. The summed E-state index contributed by atoms with van der Waals surface area (Å²) < 4.78 is 15.1. The van der Waals surface area contributed by atoms with Gasteiger partial charge in [-0.2, -0.15) is 0 Å². The van der Waals surface area contributed by atoms with Crippen molar-refractivity contribution in [3.63, 3.8) is 0 Å². The summed E-state index contributed by atoms with van der Waals surface area (Å²) in [7, 11) is 0. The topological polar surface area (TPSA) is 51.6 Å². The van der Waals surface area contributed by atoms with Crippen molar-refractivity contribution in [2.45, 2.75) is 20.6 Å². The van der Waals surface area contributed by atoms with Crippen LogP contribution < -0.4 is 0 Å². The number of hydrogen-bond donors (Lipinski definition) is 0. The molecule has 2 heterocycles. The maximum absolute atomic E-state index is 13.4. The van der Waals surface area contributed by atoms with Gasteiger partial charge in [0.25, 0.3) is 0 Å². The van der Waals surface area contributed by atoms with Gasteiger partial charge in [-0.3, -0.25) is 0 Å². The Morgan fingerprint density at radius 3 is 2.90 bits per heavy atom. The van der Waals surface area contributed by atoms with Crippen molar-refractivity contribution in [3.8, 4) is 0 Å². The molecule has 4 nitrogen and oxygen atoms in total. The molecule has 3 aromatic rings. The van der Waals surface area contributed by atoms with Crippen LogP contribution in [0.15, 0.2) is 38.2 Å². The summed E-state index contributed by atoms with van der Waals surface area (Å²) in [5.74, 6) is 0.662. The molecule has 8 heteroatoms. The molecule has 1 aromatic carbocycles.